The second-order valence-electron chi connectivity index (χ2n) is 5.66. The molecule has 1 saturated carbocycles. The third-order valence-electron chi connectivity index (χ3n) is 3.53. The number of anilines is 1. The van der Waals surface area contributed by atoms with Crippen LogP contribution in [0.2, 0.25) is 0 Å². The average molecular weight is 314 g/mol. The lowest BCUT2D eigenvalue weighted by Crippen LogP contribution is -2.27. The van der Waals surface area contributed by atoms with Crippen LogP contribution < -0.4 is 10.0 Å². The summed E-state index contributed by atoms with van der Waals surface area (Å²) >= 11 is 0. The Labute approximate surface area is 125 Å². The van der Waals surface area contributed by atoms with Crippen molar-refractivity contribution in [2.45, 2.75) is 39.2 Å². The van der Waals surface area contributed by atoms with Crippen molar-refractivity contribution >= 4 is 21.7 Å². The highest BCUT2D eigenvalue weighted by atomic mass is 32.2. The lowest BCUT2D eigenvalue weighted by Gasteiger charge is -2.15. The minimum absolute atomic E-state index is 0.0924. The van der Waals surface area contributed by atoms with Gasteiger partial charge in [-0.1, -0.05) is 0 Å². The third kappa shape index (κ3) is 4.82. The van der Waals surface area contributed by atoms with Crippen molar-refractivity contribution in [2.24, 2.45) is 5.92 Å². The highest BCUT2D eigenvalue weighted by molar-refractivity contribution is 7.88. The zero-order chi connectivity index (χ0) is 15.6. The van der Waals surface area contributed by atoms with Gasteiger partial charge in [0.2, 0.25) is 15.9 Å². The predicted molar refractivity (Wildman–Crippen MR) is 80.5 cm³/mol. The summed E-state index contributed by atoms with van der Waals surface area (Å²) in [7, 11) is -3.26. The van der Waals surface area contributed by atoms with Crippen LogP contribution in [0.3, 0.4) is 0 Å². The predicted octanol–water partition coefficient (Wildman–Crippen LogP) is 1.04. The number of hydrogen-bond donors (Lipinski definition) is 2. The van der Waals surface area contributed by atoms with E-state index < -0.39 is 10.0 Å². The van der Waals surface area contributed by atoms with E-state index >= 15 is 0 Å². The zero-order valence-corrected chi connectivity index (χ0v) is 13.4. The number of rotatable bonds is 7. The first-order chi connectivity index (χ1) is 9.76. The molecule has 1 amide bonds. The van der Waals surface area contributed by atoms with E-state index in [1.54, 1.807) is 0 Å². The summed E-state index contributed by atoms with van der Waals surface area (Å²) in [6.07, 6.45) is 3.56. The molecule has 0 bridgehead atoms. The summed E-state index contributed by atoms with van der Waals surface area (Å²) in [5.74, 6) is 1.08. The van der Waals surface area contributed by atoms with Crippen LogP contribution in [0.4, 0.5) is 5.82 Å². The quantitative estimate of drug-likeness (QED) is 0.786. The molecule has 0 spiro atoms. The maximum Gasteiger partial charge on any atom is 0.226 e. The van der Waals surface area contributed by atoms with Gasteiger partial charge in [0.1, 0.15) is 5.82 Å². The topological polar surface area (TPSA) is 93.1 Å². The Morgan fingerprint density at radius 2 is 2.19 bits per heavy atom. The van der Waals surface area contributed by atoms with Gasteiger partial charge in [0.15, 0.2) is 0 Å². The molecular weight excluding hydrogens is 292 g/mol. The first-order valence-corrected chi connectivity index (χ1v) is 8.96. The number of nitrogens with one attached hydrogen (secondary N) is 2. The summed E-state index contributed by atoms with van der Waals surface area (Å²) < 4.78 is 26.0. The highest BCUT2D eigenvalue weighted by Crippen LogP contribution is 2.40. The van der Waals surface area contributed by atoms with Crippen molar-refractivity contribution in [3.63, 3.8) is 0 Å². The molecule has 1 aromatic heterocycles. The van der Waals surface area contributed by atoms with Crippen molar-refractivity contribution in [2.75, 3.05) is 18.1 Å². The molecular formula is C13H22N4O3S. The van der Waals surface area contributed by atoms with Crippen molar-refractivity contribution in [1.29, 1.82) is 0 Å². The molecule has 7 nitrogen and oxygen atoms in total. The first kappa shape index (κ1) is 16.0. The largest absolute Gasteiger partial charge is 0.311 e. The molecule has 2 N–H and O–H groups in total. The van der Waals surface area contributed by atoms with Crippen LogP contribution >= 0.6 is 0 Å². The summed E-state index contributed by atoms with van der Waals surface area (Å²) in [5, 5.41) is 7.24. The Morgan fingerprint density at radius 3 is 2.76 bits per heavy atom. The molecule has 0 aliphatic heterocycles. The monoisotopic (exact) mass is 314 g/mol. The van der Waals surface area contributed by atoms with Gasteiger partial charge in [0.25, 0.3) is 0 Å². The van der Waals surface area contributed by atoms with Crippen LogP contribution in [0.1, 0.15) is 37.9 Å². The lowest BCUT2D eigenvalue weighted by atomic mass is 10.2. The van der Waals surface area contributed by atoms with E-state index in [0.717, 1.165) is 11.9 Å². The molecule has 0 aromatic carbocycles. The van der Waals surface area contributed by atoms with Gasteiger partial charge in [0.05, 0.1) is 18.0 Å². The summed E-state index contributed by atoms with van der Waals surface area (Å²) in [4.78, 5) is 11.9. The number of sulfonamides is 1. The maximum absolute atomic E-state index is 11.9. The fourth-order valence-corrected chi connectivity index (χ4v) is 2.73. The Bertz CT molecular complexity index is 619. The zero-order valence-electron chi connectivity index (χ0n) is 12.6. The molecule has 8 heteroatoms. The molecule has 1 heterocycles. The molecule has 1 aliphatic carbocycles. The summed E-state index contributed by atoms with van der Waals surface area (Å²) in [6, 6.07) is 2.10. The van der Waals surface area contributed by atoms with Gasteiger partial charge in [0, 0.05) is 19.0 Å². The number of aromatic nitrogens is 2. The van der Waals surface area contributed by atoms with E-state index in [9.17, 15) is 13.2 Å². The standard InChI is InChI=1S/C13H22N4O3S/c1-9-8-12(17(16-9)10(2)11-4-5-11)15-13(18)6-7-14-21(3,19)20/h8,10-11,14H,4-7H2,1-3H3,(H,15,18). The van der Waals surface area contributed by atoms with Crippen LogP contribution in [0.5, 0.6) is 0 Å². The Balaban J connectivity index is 1.94. The van der Waals surface area contributed by atoms with Gasteiger partial charge in [-0.3, -0.25) is 4.79 Å². The maximum atomic E-state index is 11.9. The molecule has 118 valence electrons. The Kier molecular flexibility index (Phi) is 4.67. The summed E-state index contributed by atoms with van der Waals surface area (Å²) in [5.41, 5.74) is 0.854. The highest BCUT2D eigenvalue weighted by Gasteiger charge is 2.31. The van der Waals surface area contributed by atoms with E-state index in [1.165, 1.54) is 12.8 Å². The molecule has 0 radical (unpaired) electrons. The van der Waals surface area contributed by atoms with Crippen molar-refractivity contribution in [3.05, 3.63) is 11.8 Å². The molecule has 21 heavy (non-hydrogen) atoms. The van der Waals surface area contributed by atoms with Gasteiger partial charge in [-0.25, -0.2) is 17.8 Å². The number of carbonyl (C=O) groups excluding carboxylic acids is 1. The van der Waals surface area contributed by atoms with E-state index in [0.29, 0.717) is 11.7 Å². The normalized spacial score (nSPS) is 16.7. The van der Waals surface area contributed by atoms with Gasteiger partial charge >= 0.3 is 0 Å². The molecule has 1 aliphatic rings. The molecule has 0 saturated heterocycles. The van der Waals surface area contributed by atoms with E-state index in [4.69, 9.17) is 0 Å². The second kappa shape index (κ2) is 6.15. The minimum atomic E-state index is -3.26. The SMILES string of the molecule is Cc1cc(NC(=O)CCNS(C)(=O)=O)n(C(C)C2CC2)n1. The Morgan fingerprint density at radius 1 is 1.52 bits per heavy atom. The van der Waals surface area contributed by atoms with Crippen molar-refractivity contribution < 1.29 is 13.2 Å². The number of aryl methyl sites for hydroxylation is 1. The number of hydrogen-bond acceptors (Lipinski definition) is 4. The molecule has 1 unspecified atom stereocenters. The molecule has 1 fully saturated rings. The third-order valence-corrected chi connectivity index (χ3v) is 4.26. The second-order valence-corrected chi connectivity index (χ2v) is 7.49. The Hall–Kier alpha value is -1.41. The van der Waals surface area contributed by atoms with Gasteiger partial charge < -0.3 is 5.32 Å². The molecule has 2 rings (SSSR count). The van der Waals surface area contributed by atoms with E-state index in [-0.39, 0.29) is 24.9 Å². The smallest absolute Gasteiger partial charge is 0.226 e. The van der Waals surface area contributed by atoms with Crippen LogP contribution in [-0.4, -0.2) is 36.9 Å². The van der Waals surface area contributed by atoms with Crippen molar-refractivity contribution in [1.82, 2.24) is 14.5 Å². The molecule has 1 atom stereocenters. The fourth-order valence-electron chi connectivity index (χ4n) is 2.25. The minimum Gasteiger partial charge on any atom is -0.311 e. The molecule has 1 aromatic rings. The van der Waals surface area contributed by atoms with Gasteiger partial charge in [-0.2, -0.15) is 5.10 Å². The lowest BCUT2D eigenvalue weighted by molar-refractivity contribution is -0.116. The average Bonchev–Trinajstić information content (AvgIpc) is 3.12. The van der Waals surface area contributed by atoms with Crippen molar-refractivity contribution in [3.8, 4) is 0 Å². The van der Waals surface area contributed by atoms with Gasteiger partial charge in [-0.15, -0.1) is 0 Å². The van der Waals surface area contributed by atoms with Crippen LogP contribution in [0.15, 0.2) is 6.07 Å². The van der Waals surface area contributed by atoms with Gasteiger partial charge in [-0.05, 0) is 32.6 Å². The van der Waals surface area contributed by atoms with Crippen LogP contribution in [0, 0.1) is 12.8 Å². The summed E-state index contributed by atoms with van der Waals surface area (Å²) in [6.45, 7) is 4.08. The fraction of sp³-hybridized carbons (Fsp3) is 0.692. The number of amides is 1. The number of carbonyl (C=O) groups is 1. The van der Waals surface area contributed by atoms with E-state index in [2.05, 4.69) is 22.1 Å². The van der Waals surface area contributed by atoms with Crippen LogP contribution in [0.25, 0.3) is 0 Å². The first-order valence-electron chi connectivity index (χ1n) is 7.07. The number of nitrogens with zero attached hydrogens (tertiary/aromatic N) is 2. The van der Waals surface area contributed by atoms with E-state index in [1.807, 2.05) is 17.7 Å². The van der Waals surface area contributed by atoms with Crippen LogP contribution in [-0.2, 0) is 14.8 Å².